The quantitative estimate of drug-likeness (QED) is 0.446. The first-order valence-electron chi connectivity index (χ1n) is 9.69. The number of anilines is 2. The van der Waals surface area contributed by atoms with Crippen LogP contribution in [0.1, 0.15) is 52.9 Å². The third-order valence-corrected chi connectivity index (χ3v) is 4.07. The summed E-state index contributed by atoms with van der Waals surface area (Å²) in [5.74, 6) is 0. The summed E-state index contributed by atoms with van der Waals surface area (Å²) >= 11 is 2.15. The summed E-state index contributed by atoms with van der Waals surface area (Å²) in [5.41, 5.74) is 2.15. The number of nitrogens with one attached hydrogen (secondary N) is 2. The van der Waals surface area contributed by atoms with E-state index in [9.17, 15) is 9.59 Å². The zero-order valence-electron chi connectivity index (χ0n) is 19.3. The second kappa shape index (κ2) is 11.3. The van der Waals surface area contributed by atoms with Crippen LogP contribution in [0.4, 0.5) is 21.0 Å². The zero-order valence-corrected chi connectivity index (χ0v) is 21.4. The highest BCUT2D eigenvalue weighted by Gasteiger charge is 2.17. The largest absolute Gasteiger partial charge is 0.444 e. The molecule has 0 spiro atoms. The first-order valence-corrected chi connectivity index (χ1v) is 10.8. The summed E-state index contributed by atoms with van der Waals surface area (Å²) in [7, 11) is 0. The fourth-order valence-electron chi connectivity index (χ4n) is 2.00. The second-order valence-corrected chi connectivity index (χ2v) is 9.91. The minimum absolute atomic E-state index is 0.462. The first kappa shape index (κ1) is 26.6. The number of halogens is 1. The van der Waals surface area contributed by atoms with Crippen molar-refractivity contribution in [1.29, 1.82) is 0 Å². The van der Waals surface area contributed by atoms with E-state index in [4.69, 9.17) is 9.47 Å². The van der Waals surface area contributed by atoms with Gasteiger partial charge in [0.25, 0.3) is 0 Å². The number of nitrogens with zero attached hydrogens (tertiary/aromatic N) is 2. The fourth-order valence-corrected chi connectivity index (χ4v) is 2.72. The standard InChI is InChI=1S/C11H15IN2O2.C11H16N2O2/c1-7-5-8(12)9(6-13-7)14-10(15)16-11(2,3)4;1-8-5-6-9(7-12-8)13-10(14)15-11(2,3)4/h5-6H,1-4H3,(H,14,15);5-7H,1-4H3,(H,13,14). The second-order valence-electron chi connectivity index (χ2n) is 8.75. The van der Waals surface area contributed by atoms with Gasteiger partial charge in [-0.3, -0.25) is 20.6 Å². The predicted molar refractivity (Wildman–Crippen MR) is 130 cm³/mol. The van der Waals surface area contributed by atoms with E-state index in [1.807, 2.05) is 67.5 Å². The van der Waals surface area contributed by atoms with Crippen molar-refractivity contribution < 1.29 is 19.1 Å². The maximum absolute atomic E-state index is 11.5. The van der Waals surface area contributed by atoms with Gasteiger partial charge in [-0.15, -0.1) is 0 Å². The van der Waals surface area contributed by atoms with Gasteiger partial charge < -0.3 is 9.47 Å². The van der Waals surface area contributed by atoms with Crippen molar-refractivity contribution in [2.24, 2.45) is 0 Å². The number of aromatic nitrogens is 2. The Hall–Kier alpha value is -2.43. The van der Waals surface area contributed by atoms with E-state index < -0.39 is 23.4 Å². The molecule has 0 saturated carbocycles. The summed E-state index contributed by atoms with van der Waals surface area (Å²) in [6.45, 7) is 14.7. The maximum atomic E-state index is 11.5. The van der Waals surface area contributed by atoms with Crippen LogP contribution in [0.25, 0.3) is 0 Å². The highest BCUT2D eigenvalue weighted by molar-refractivity contribution is 14.1. The summed E-state index contributed by atoms with van der Waals surface area (Å²) in [5, 5.41) is 5.26. The number of hydrogen-bond acceptors (Lipinski definition) is 6. The molecule has 0 aliphatic carbocycles. The van der Waals surface area contributed by atoms with Crippen LogP contribution in [0, 0.1) is 17.4 Å². The summed E-state index contributed by atoms with van der Waals surface area (Å²) in [6, 6.07) is 5.51. The topological polar surface area (TPSA) is 102 Å². The Labute approximate surface area is 197 Å². The van der Waals surface area contributed by atoms with Crippen LogP contribution in [0.3, 0.4) is 0 Å². The molecule has 2 rings (SSSR count). The molecule has 2 heterocycles. The van der Waals surface area contributed by atoms with Crippen molar-refractivity contribution in [3.8, 4) is 0 Å². The van der Waals surface area contributed by atoms with Gasteiger partial charge in [0.15, 0.2) is 0 Å². The lowest BCUT2D eigenvalue weighted by Gasteiger charge is -2.19. The van der Waals surface area contributed by atoms with Gasteiger partial charge in [0.05, 0.1) is 23.8 Å². The van der Waals surface area contributed by atoms with E-state index in [1.165, 1.54) is 0 Å². The first-order chi connectivity index (χ1) is 14.1. The number of carbonyl (C=O) groups excluding carboxylic acids is 2. The van der Waals surface area contributed by atoms with Crippen molar-refractivity contribution in [3.05, 3.63) is 45.6 Å². The van der Waals surface area contributed by atoms with Gasteiger partial charge >= 0.3 is 12.2 Å². The van der Waals surface area contributed by atoms with E-state index in [0.717, 1.165) is 15.0 Å². The molecule has 0 unspecified atom stereocenters. The molecular weight excluding hydrogens is 511 g/mol. The summed E-state index contributed by atoms with van der Waals surface area (Å²) in [4.78, 5) is 31.0. The lowest BCUT2D eigenvalue weighted by Crippen LogP contribution is -2.27. The molecule has 170 valence electrons. The number of pyridine rings is 2. The van der Waals surface area contributed by atoms with Crippen molar-refractivity contribution in [2.45, 2.75) is 66.6 Å². The lowest BCUT2D eigenvalue weighted by atomic mass is 10.2. The molecule has 0 saturated heterocycles. The molecule has 2 aromatic rings. The number of ether oxygens (including phenoxy) is 2. The molecule has 0 aliphatic rings. The van der Waals surface area contributed by atoms with Gasteiger partial charge in [0.1, 0.15) is 11.2 Å². The third kappa shape index (κ3) is 12.1. The molecule has 0 aliphatic heterocycles. The van der Waals surface area contributed by atoms with Crippen molar-refractivity contribution in [1.82, 2.24) is 9.97 Å². The minimum Gasteiger partial charge on any atom is -0.444 e. The Morgan fingerprint density at radius 1 is 0.839 bits per heavy atom. The fraction of sp³-hybridized carbons (Fsp3) is 0.455. The average Bonchev–Trinajstić information content (AvgIpc) is 2.57. The molecule has 0 fully saturated rings. The monoisotopic (exact) mass is 542 g/mol. The Balaban J connectivity index is 0.000000311. The summed E-state index contributed by atoms with van der Waals surface area (Å²) < 4.78 is 11.2. The SMILES string of the molecule is Cc1cc(I)c(NC(=O)OC(C)(C)C)cn1.Cc1ccc(NC(=O)OC(C)(C)C)cn1. The average molecular weight is 542 g/mol. The molecule has 2 N–H and O–H groups in total. The van der Waals surface area contributed by atoms with Crippen LogP contribution in [0.5, 0.6) is 0 Å². The number of rotatable bonds is 2. The van der Waals surface area contributed by atoms with E-state index >= 15 is 0 Å². The van der Waals surface area contributed by atoms with Crippen LogP contribution >= 0.6 is 22.6 Å². The van der Waals surface area contributed by atoms with Crippen LogP contribution in [0.2, 0.25) is 0 Å². The van der Waals surface area contributed by atoms with Gasteiger partial charge in [0, 0.05) is 15.0 Å². The molecule has 2 amide bonds. The molecule has 9 heteroatoms. The van der Waals surface area contributed by atoms with E-state index in [0.29, 0.717) is 11.4 Å². The Bertz CT molecular complexity index is 888. The third-order valence-electron chi connectivity index (χ3n) is 3.18. The smallest absolute Gasteiger partial charge is 0.412 e. The Morgan fingerprint density at radius 2 is 1.35 bits per heavy atom. The molecule has 0 aromatic carbocycles. The van der Waals surface area contributed by atoms with Crippen molar-refractivity contribution >= 4 is 46.2 Å². The molecule has 2 aromatic heterocycles. The molecular formula is C22H31IN4O4. The molecule has 31 heavy (non-hydrogen) atoms. The van der Waals surface area contributed by atoms with Gasteiger partial charge in [0.2, 0.25) is 0 Å². The van der Waals surface area contributed by atoms with Crippen LogP contribution in [-0.2, 0) is 9.47 Å². The van der Waals surface area contributed by atoms with Crippen molar-refractivity contribution in [2.75, 3.05) is 10.6 Å². The predicted octanol–water partition coefficient (Wildman–Crippen LogP) is 6.08. The van der Waals surface area contributed by atoms with Gasteiger partial charge in [-0.2, -0.15) is 0 Å². The van der Waals surface area contributed by atoms with Gasteiger partial charge in [-0.25, -0.2) is 9.59 Å². The number of carbonyl (C=O) groups is 2. The Kier molecular flexibility index (Phi) is 9.67. The normalized spacial score (nSPS) is 11.0. The Morgan fingerprint density at radius 3 is 1.81 bits per heavy atom. The lowest BCUT2D eigenvalue weighted by molar-refractivity contribution is 0.0624. The highest BCUT2D eigenvalue weighted by Crippen LogP contribution is 2.18. The number of hydrogen-bond donors (Lipinski definition) is 2. The molecule has 0 atom stereocenters. The van der Waals surface area contributed by atoms with Crippen LogP contribution in [0.15, 0.2) is 30.6 Å². The van der Waals surface area contributed by atoms with Gasteiger partial charge in [-0.1, -0.05) is 0 Å². The number of amides is 2. The maximum Gasteiger partial charge on any atom is 0.412 e. The molecule has 0 bridgehead atoms. The number of aryl methyl sites for hydroxylation is 2. The highest BCUT2D eigenvalue weighted by atomic mass is 127. The van der Waals surface area contributed by atoms with Crippen LogP contribution < -0.4 is 10.6 Å². The van der Waals surface area contributed by atoms with Crippen molar-refractivity contribution in [3.63, 3.8) is 0 Å². The van der Waals surface area contributed by atoms with Crippen LogP contribution in [-0.4, -0.2) is 33.4 Å². The van der Waals surface area contributed by atoms with Gasteiger partial charge in [-0.05, 0) is 96.2 Å². The zero-order chi connectivity index (χ0) is 23.8. The molecule has 0 radical (unpaired) electrons. The van der Waals surface area contributed by atoms with E-state index in [-0.39, 0.29) is 0 Å². The summed E-state index contributed by atoms with van der Waals surface area (Å²) in [6.07, 6.45) is 2.30. The van der Waals surface area contributed by atoms with E-state index in [2.05, 4.69) is 43.2 Å². The van der Waals surface area contributed by atoms with E-state index in [1.54, 1.807) is 18.5 Å². The molecule has 8 nitrogen and oxygen atoms in total. The minimum atomic E-state index is -0.492.